The quantitative estimate of drug-likeness (QED) is 0.593. The van der Waals surface area contributed by atoms with Gasteiger partial charge in [0.05, 0.1) is 24.9 Å². The Kier molecular flexibility index (Phi) is 6.65. The zero-order valence-electron chi connectivity index (χ0n) is 19.8. The van der Waals surface area contributed by atoms with E-state index in [1.807, 2.05) is 57.2 Å². The Labute approximate surface area is 194 Å². The van der Waals surface area contributed by atoms with Crippen LogP contribution in [0.15, 0.2) is 47.4 Å². The van der Waals surface area contributed by atoms with Gasteiger partial charge in [-0.3, -0.25) is 9.36 Å². The molecule has 0 aliphatic carbocycles. The number of pyridine rings is 1. The summed E-state index contributed by atoms with van der Waals surface area (Å²) >= 11 is 0. The van der Waals surface area contributed by atoms with Crippen LogP contribution in [-0.2, 0) is 11.8 Å². The van der Waals surface area contributed by atoms with E-state index in [-0.39, 0.29) is 17.7 Å². The van der Waals surface area contributed by atoms with Gasteiger partial charge in [0.15, 0.2) is 0 Å². The highest BCUT2D eigenvalue weighted by molar-refractivity contribution is 5.64. The number of benzene rings is 1. The Bertz CT molecular complexity index is 1180. The molecule has 2 aromatic heterocycles. The molecule has 0 radical (unpaired) electrons. The first-order valence-electron chi connectivity index (χ1n) is 11.2. The van der Waals surface area contributed by atoms with Crippen LogP contribution in [0.1, 0.15) is 18.2 Å². The Hall–Kier alpha value is -3.39. The average molecular weight is 450 g/mol. The Morgan fingerprint density at radius 1 is 1.18 bits per heavy atom. The maximum Gasteiger partial charge on any atom is 0.277 e. The molecule has 1 fully saturated rings. The smallest absolute Gasteiger partial charge is 0.277 e. The van der Waals surface area contributed by atoms with Crippen molar-refractivity contribution in [3.63, 3.8) is 0 Å². The van der Waals surface area contributed by atoms with Gasteiger partial charge in [-0.15, -0.1) is 0 Å². The summed E-state index contributed by atoms with van der Waals surface area (Å²) in [5.41, 5.74) is 2.95. The lowest BCUT2D eigenvalue weighted by atomic mass is 10.1. The lowest BCUT2D eigenvalue weighted by Gasteiger charge is -2.22. The topological polar surface area (TPSA) is 81.5 Å². The van der Waals surface area contributed by atoms with E-state index in [0.717, 1.165) is 22.7 Å². The SMILES string of the molecule is CCOC1CN(c2ccccn2)CC1Nc1c(C)nc(-c2ccc(OC)cc2C)n(C)c1=O. The molecule has 2 atom stereocenters. The number of anilines is 2. The van der Waals surface area contributed by atoms with E-state index >= 15 is 0 Å². The fourth-order valence-electron chi connectivity index (χ4n) is 4.34. The number of nitrogens with one attached hydrogen (secondary N) is 1. The normalized spacial score (nSPS) is 17.9. The zero-order chi connectivity index (χ0) is 23.5. The van der Waals surface area contributed by atoms with Crippen LogP contribution in [0.2, 0.25) is 0 Å². The second-order valence-corrected chi connectivity index (χ2v) is 8.28. The fourth-order valence-corrected chi connectivity index (χ4v) is 4.34. The highest BCUT2D eigenvalue weighted by Gasteiger charge is 2.35. The van der Waals surface area contributed by atoms with E-state index in [4.69, 9.17) is 14.5 Å². The first-order chi connectivity index (χ1) is 15.9. The number of aryl methyl sites for hydroxylation is 2. The number of hydrogen-bond acceptors (Lipinski definition) is 7. The fraction of sp³-hybridized carbons (Fsp3) is 0.400. The van der Waals surface area contributed by atoms with Gasteiger partial charge >= 0.3 is 0 Å². The Morgan fingerprint density at radius 2 is 2.00 bits per heavy atom. The summed E-state index contributed by atoms with van der Waals surface area (Å²) in [7, 11) is 3.40. The van der Waals surface area contributed by atoms with Gasteiger partial charge in [-0.1, -0.05) is 6.07 Å². The lowest BCUT2D eigenvalue weighted by molar-refractivity contribution is 0.0720. The van der Waals surface area contributed by atoms with E-state index in [1.54, 1.807) is 24.9 Å². The summed E-state index contributed by atoms with van der Waals surface area (Å²) in [6.45, 7) is 7.83. The minimum Gasteiger partial charge on any atom is -0.497 e. The van der Waals surface area contributed by atoms with Crippen LogP contribution in [0, 0.1) is 13.8 Å². The number of aromatic nitrogens is 3. The molecule has 1 N–H and O–H groups in total. The Balaban J connectivity index is 1.64. The van der Waals surface area contributed by atoms with Crippen LogP contribution in [0.5, 0.6) is 5.75 Å². The standard InChI is InChI=1S/C25H31N5O3/c1-6-33-21-15-30(22-9-7-8-12-26-22)14-20(21)28-23-17(3)27-24(29(4)25(23)31)19-11-10-18(32-5)13-16(19)2/h7-13,20-21,28H,6,14-15H2,1-5H3. The highest BCUT2D eigenvalue weighted by Crippen LogP contribution is 2.27. The molecule has 3 aromatic rings. The zero-order valence-corrected chi connectivity index (χ0v) is 19.8. The van der Waals surface area contributed by atoms with Crippen molar-refractivity contribution < 1.29 is 9.47 Å². The third-order valence-electron chi connectivity index (χ3n) is 6.10. The molecule has 1 aliphatic rings. The van der Waals surface area contributed by atoms with Gasteiger partial charge in [-0.25, -0.2) is 9.97 Å². The average Bonchev–Trinajstić information content (AvgIpc) is 3.22. The summed E-state index contributed by atoms with van der Waals surface area (Å²) in [5, 5.41) is 3.45. The summed E-state index contributed by atoms with van der Waals surface area (Å²) in [4.78, 5) is 24.8. The van der Waals surface area contributed by atoms with E-state index in [0.29, 0.717) is 36.9 Å². The summed E-state index contributed by atoms with van der Waals surface area (Å²) in [5.74, 6) is 2.31. The van der Waals surface area contributed by atoms with Crippen molar-refractivity contribution in [1.29, 1.82) is 0 Å². The van der Waals surface area contributed by atoms with Crippen molar-refractivity contribution >= 4 is 11.5 Å². The molecule has 1 saturated heterocycles. The molecular formula is C25H31N5O3. The van der Waals surface area contributed by atoms with Crippen LogP contribution in [0.4, 0.5) is 11.5 Å². The molecule has 0 bridgehead atoms. The van der Waals surface area contributed by atoms with Gasteiger partial charge in [0, 0.05) is 38.5 Å². The van der Waals surface area contributed by atoms with Crippen LogP contribution >= 0.6 is 0 Å². The molecule has 2 unspecified atom stereocenters. The third-order valence-corrected chi connectivity index (χ3v) is 6.10. The number of hydrogen-bond donors (Lipinski definition) is 1. The van der Waals surface area contributed by atoms with Gasteiger partial charge in [0.2, 0.25) is 0 Å². The van der Waals surface area contributed by atoms with Gasteiger partial charge in [0.1, 0.15) is 23.1 Å². The number of nitrogens with zero attached hydrogens (tertiary/aromatic N) is 4. The predicted molar refractivity (Wildman–Crippen MR) is 130 cm³/mol. The molecule has 0 amide bonds. The van der Waals surface area contributed by atoms with Crippen molar-refractivity contribution in [3.05, 3.63) is 64.2 Å². The molecule has 0 saturated carbocycles. The van der Waals surface area contributed by atoms with Crippen LogP contribution in [0.25, 0.3) is 11.4 Å². The minimum atomic E-state index is -0.112. The summed E-state index contributed by atoms with van der Waals surface area (Å²) in [6, 6.07) is 11.6. The van der Waals surface area contributed by atoms with Crippen LogP contribution in [-0.4, -0.2) is 53.5 Å². The van der Waals surface area contributed by atoms with Crippen molar-refractivity contribution in [2.45, 2.75) is 32.9 Å². The second-order valence-electron chi connectivity index (χ2n) is 8.28. The van der Waals surface area contributed by atoms with E-state index < -0.39 is 0 Å². The highest BCUT2D eigenvalue weighted by atomic mass is 16.5. The molecule has 0 spiro atoms. The summed E-state index contributed by atoms with van der Waals surface area (Å²) < 4.78 is 12.9. The van der Waals surface area contributed by atoms with E-state index in [1.165, 1.54) is 0 Å². The summed E-state index contributed by atoms with van der Waals surface area (Å²) in [6.07, 6.45) is 1.72. The van der Waals surface area contributed by atoms with Gasteiger partial charge < -0.3 is 19.7 Å². The van der Waals surface area contributed by atoms with Crippen LogP contribution < -0.4 is 20.5 Å². The molecule has 8 heteroatoms. The van der Waals surface area contributed by atoms with Gasteiger partial charge in [0.25, 0.3) is 5.56 Å². The van der Waals surface area contributed by atoms with Gasteiger partial charge in [-0.05, 0) is 56.7 Å². The number of ether oxygens (including phenoxy) is 2. The van der Waals surface area contributed by atoms with Crippen molar-refractivity contribution in [3.8, 4) is 17.1 Å². The Morgan fingerprint density at radius 3 is 2.67 bits per heavy atom. The van der Waals surface area contributed by atoms with E-state index in [9.17, 15) is 4.79 Å². The molecular weight excluding hydrogens is 418 g/mol. The monoisotopic (exact) mass is 449 g/mol. The molecule has 33 heavy (non-hydrogen) atoms. The lowest BCUT2D eigenvalue weighted by Crippen LogP contribution is -2.38. The molecule has 3 heterocycles. The van der Waals surface area contributed by atoms with Crippen molar-refractivity contribution in [2.75, 3.05) is 37.0 Å². The van der Waals surface area contributed by atoms with E-state index in [2.05, 4.69) is 15.2 Å². The molecule has 4 rings (SSSR count). The van der Waals surface area contributed by atoms with Crippen molar-refractivity contribution in [2.24, 2.45) is 7.05 Å². The third kappa shape index (κ3) is 4.57. The first-order valence-corrected chi connectivity index (χ1v) is 11.2. The number of methoxy groups -OCH3 is 1. The van der Waals surface area contributed by atoms with Gasteiger partial charge in [-0.2, -0.15) is 0 Å². The number of rotatable bonds is 7. The molecule has 8 nitrogen and oxygen atoms in total. The maximum absolute atomic E-state index is 13.4. The van der Waals surface area contributed by atoms with Crippen molar-refractivity contribution in [1.82, 2.24) is 14.5 Å². The molecule has 1 aliphatic heterocycles. The van der Waals surface area contributed by atoms with Crippen LogP contribution in [0.3, 0.4) is 0 Å². The molecule has 1 aromatic carbocycles. The molecule has 174 valence electrons. The maximum atomic E-state index is 13.4. The largest absolute Gasteiger partial charge is 0.497 e. The first kappa shape index (κ1) is 22.8. The second kappa shape index (κ2) is 9.62. The predicted octanol–water partition coefficient (Wildman–Crippen LogP) is 3.17. The minimum absolute atomic E-state index is 0.0614.